The van der Waals surface area contributed by atoms with E-state index in [4.69, 9.17) is 9.47 Å². The first-order valence-corrected chi connectivity index (χ1v) is 6.64. The van der Waals surface area contributed by atoms with Crippen molar-refractivity contribution < 1.29 is 14.3 Å². The largest absolute Gasteiger partial charge is 0.479 e. The van der Waals surface area contributed by atoms with Crippen LogP contribution in [0, 0.1) is 0 Å². The van der Waals surface area contributed by atoms with Crippen LogP contribution in [0.4, 0.5) is 0 Å². The molecule has 1 aromatic heterocycles. The molecular formula is C13H22N4O3. The number of aryl methyl sites for hydroxylation is 1. The van der Waals surface area contributed by atoms with E-state index in [1.165, 1.54) is 7.11 Å². The van der Waals surface area contributed by atoms with Crippen LogP contribution in [-0.2, 0) is 11.8 Å². The van der Waals surface area contributed by atoms with Crippen molar-refractivity contribution in [1.29, 1.82) is 0 Å². The number of hydrogen-bond donors (Lipinski definition) is 0. The van der Waals surface area contributed by atoms with Gasteiger partial charge in [-0.3, -0.25) is 9.48 Å². The van der Waals surface area contributed by atoms with Crippen LogP contribution in [0.25, 0.3) is 0 Å². The van der Waals surface area contributed by atoms with Gasteiger partial charge in [0.2, 0.25) is 5.88 Å². The molecule has 2 heterocycles. The molecule has 1 fully saturated rings. The van der Waals surface area contributed by atoms with Gasteiger partial charge in [0.05, 0.1) is 26.4 Å². The number of likely N-dealkylation sites (N-methyl/N-ethyl adjacent to an activating group) is 1. The van der Waals surface area contributed by atoms with Crippen LogP contribution in [0.3, 0.4) is 0 Å². The summed E-state index contributed by atoms with van der Waals surface area (Å²) < 4.78 is 12.3. The minimum Gasteiger partial charge on any atom is -0.479 e. The highest BCUT2D eigenvalue weighted by molar-refractivity contribution is 5.96. The van der Waals surface area contributed by atoms with Crippen molar-refractivity contribution in [2.75, 3.05) is 47.5 Å². The minimum atomic E-state index is -0.0508. The Morgan fingerprint density at radius 3 is 3.00 bits per heavy atom. The fourth-order valence-corrected chi connectivity index (χ4v) is 2.42. The summed E-state index contributed by atoms with van der Waals surface area (Å²) in [5, 5.41) is 4.14. The van der Waals surface area contributed by atoms with Gasteiger partial charge in [0, 0.05) is 26.3 Å². The Kier molecular flexibility index (Phi) is 4.61. The molecule has 0 unspecified atom stereocenters. The number of aromatic nitrogens is 2. The van der Waals surface area contributed by atoms with Gasteiger partial charge in [-0.25, -0.2) is 0 Å². The number of carbonyl (C=O) groups excluding carboxylic acids is 1. The Morgan fingerprint density at radius 1 is 1.60 bits per heavy atom. The van der Waals surface area contributed by atoms with Crippen LogP contribution < -0.4 is 4.74 Å². The number of carbonyl (C=O) groups is 1. The summed E-state index contributed by atoms with van der Waals surface area (Å²) in [6.07, 6.45) is 1.70. The maximum atomic E-state index is 12.7. The third-order valence-electron chi connectivity index (χ3n) is 3.28. The number of hydrogen-bond acceptors (Lipinski definition) is 5. The second-order valence-electron chi connectivity index (χ2n) is 5.22. The zero-order chi connectivity index (χ0) is 14.7. The lowest BCUT2D eigenvalue weighted by Gasteiger charge is -2.36. The van der Waals surface area contributed by atoms with Crippen molar-refractivity contribution in [3.05, 3.63) is 11.8 Å². The molecule has 20 heavy (non-hydrogen) atoms. The maximum absolute atomic E-state index is 12.7. The number of rotatable bonds is 4. The summed E-state index contributed by atoms with van der Waals surface area (Å²) in [7, 11) is 7.27. The highest BCUT2D eigenvalue weighted by Gasteiger charge is 2.31. The predicted octanol–water partition coefficient (Wildman–Crippen LogP) is -0.169. The summed E-state index contributed by atoms with van der Waals surface area (Å²) in [5.74, 6) is 0.317. The second kappa shape index (κ2) is 6.23. The summed E-state index contributed by atoms with van der Waals surface area (Å²) >= 11 is 0. The number of morpholine rings is 1. The molecule has 0 N–H and O–H groups in total. The molecule has 112 valence electrons. The van der Waals surface area contributed by atoms with Gasteiger partial charge in [0.15, 0.2) is 0 Å². The molecule has 0 spiro atoms. The van der Waals surface area contributed by atoms with Crippen LogP contribution in [0.1, 0.15) is 10.4 Å². The minimum absolute atomic E-state index is 0.0508. The number of methoxy groups -OCH3 is 1. The van der Waals surface area contributed by atoms with Crippen molar-refractivity contribution in [3.8, 4) is 5.88 Å². The number of ether oxygens (including phenoxy) is 2. The number of amides is 1. The van der Waals surface area contributed by atoms with Crippen LogP contribution in [0.5, 0.6) is 5.88 Å². The predicted molar refractivity (Wildman–Crippen MR) is 74.0 cm³/mol. The highest BCUT2D eigenvalue weighted by atomic mass is 16.5. The average molecular weight is 282 g/mol. The van der Waals surface area contributed by atoms with E-state index in [0.29, 0.717) is 31.2 Å². The SMILES string of the molecule is COc1nn(C)cc1C(=O)N1CCOC[C@@H]1CN(C)C. The summed E-state index contributed by atoms with van der Waals surface area (Å²) in [6, 6.07) is 0.0520. The Hall–Kier alpha value is -1.60. The monoisotopic (exact) mass is 282 g/mol. The Bertz CT molecular complexity index is 472. The van der Waals surface area contributed by atoms with Crippen molar-refractivity contribution in [3.63, 3.8) is 0 Å². The normalized spacial score (nSPS) is 19.4. The second-order valence-corrected chi connectivity index (χ2v) is 5.22. The summed E-state index contributed by atoms with van der Waals surface area (Å²) in [4.78, 5) is 16.6. The molecule has 0 aromatic carbocycles. The first kappa shape index (κ1) is 14.8. The standard InChI is InChI=1S/C13H22N4O3/c1-15(2)7-10-9-20-6-5-17(10)13(18)11-8-16(3)14-12(11)19-4/h8,10H,5-7,9H2,1-4H3/t10-/m0/s1. The molecule has 2 rings (SSSR count). The maximum Gasteiger partial charge on any atom is 0.261 e. The molecule has 7 heteroatoms. The van der Waals surface area contributed by atoms with E-state index >= 15 is 0 Å². The first-order chi connectivity index (χ1) is 9.52. The lowest BCUT2D eigenvalue weighted by Crippen LogP contribution is -2.52. The van der Waals surface area contributed by atoms with Gasteiger partial charge in [-0.05, 0) is 14.1 Å². The van der Waals surface area contributed by atoms with Gasteiger partial charge in [-0.2, -0.15) is 0 Å². The molecule has 0 aliphatic carbocycles. The molecule has 1 aliphatic rings. The Balaban J connectivity index is 2.20. The van der Waals surface area contributed by atoms with E-state index < -0.39 is 0 Å². The van der Waals surface area contributed by atoms with E-state index in [1.54, 1.807) is 17.9 Å². The van der Waals surface area contributed by atoms with Gasteiger partial charge in [-0.1, -0.05) is 0 Å². The zero-order valence-electron chi connectivity index (χ0n) is 12.5. The van der Waals surface area contributed by atoms with Gasteiger partial charge in [-0.15, -0.1) is 5.10 Å². The third-order valence-corrected chi connectivity index (χ3v) is 3.28. The van der Waals surface area contributed by atoms with Gasteiger partial charge in [0.25, 0.3) is 5.91 Å². The van der Waals surface area contributed by atoms with Crippen LogP contribution in [-0.4, -0.2) is 79.0 Å². The lowest BCUT2D eigenvalue weighted by atomic mass is 10.1. The molecule has 1 aliphatic heterocycles. The highest BCUT2D eigenvalue weighted by Crippen LogP contribution is 2.20. The van der Waals surface area contributed by atoms with Crippen molar-refractivity contribution in [2.45, 2.75) is 6.04 Å². The zero-order valence-corrected chi connectivity index (χ0v) is 12.5. The quantitative estimate of drug-likeness (QED) is 0.767. The van der Waals surface area contributed by atoms with Crippen molar-refractivity contribution in [2.24, 2.45) is 7.05 Å². The topological polar surface area (TPSA) is 59.8 Å². The molecule has 0 bridgehead atoms. The van der Waals surface area contributed by atoms with Crippen LogP contribution >= 0.6 is 0 Å². The lowest BCUT2D eigenvalue weighted by molar-refractivity contribution is -0.00844. The van der Waals surface area contributed by atoms with Gasteiger partial charge in [0.1, 0.15) is 5.56 Å². The van der Waals surface area contributed by atoms with E-state index in [0.717, 1.165) is 6.54 Å². The molecule has 1 amide bonds. The average Bonchev–Trinajstić information content (AvgIpc) is 2.79. The van der Waals surface area contributed by atoms with E-state index in [1.807, 2.05) is 19.0 Å². The smallest absolute Gasteiger partial charge is 0.261 e. The van der Waals surface area contributed by atoms with E-state index in [9.17, 15) is 4.79 Å². The fourth-order valence-electron chi connectivity index (χ4n) is 2.42. The Labute approximate surface area is 119 Å². The van der Waals surface area contributed by atoms with Crippen molar-refractivity contribution in [1.82, 2.24) is 19.6 Å². The molecule has 0 radical (unpaired) electrons. The molecule has 7 nitrogen and oxygen atoms in total. The Morgan fingerprint density at radius 2 is 2.35 bits per heavy atom. The van der Waals surface area contributed by atoms with E-state index in [2.05, 4.69) is 10.00 Å². The molecule has 1 aromatic rings. The van der Waals surface area contributed by atoms with Crippen molar-refractivity contribution >= 4 is 5.91 Å². The summed E-state index contributed by atoms with van der Waals surface area (Å²) in [6.45, 7) is 2.49. The van der Waals surface area contributed by atoms with Crippen LogP contribution in [0.2, 0.25) is 0 Å². The van der Waals surface area contributed by atoms with Gasteiger partial charge >= 0.3 is 0 Å². The molecule has 1 saturated heterocycles. The van der Waals surface area contributed by atoms with Crippen LogP contribution in [0.15, 0.2) is 6.20 Å². The fraction of sp³-hybridized carbons (Fsp3) is 0.692. The number of nitrogens with zero attached hydrogens (tertiary/aromatic N) is 4. The molecule has 1 atom stereocenters. The molecular weight excluding hydrogens is 260 g/mol. The first-order valence-electron chi connectivity index (χ1n) is 6.64. The third kappa shape index (κ3) is 3.10. The molecule has 0 saturated carbocycles. The van der Waals surface area contributed by atoms with E-state index in [-0.39, 0.29) is 11.9 Å². The summed E-state index contributed by atoms with van der Waals surface area (Å²) in [5.41, 5.74) is 0.501. The van der Waals surface area contributed by atoms with Gasteiger partial charge < -0.3 is 19.3 Å².